The van der Waals surface area contributed by atoms with E-state index in [0.717, 1.165) is 5.75 Å². The average Bonchev–Trinajstić information content (AvgIpc) is 2.56. The smallest absolute Gasteiger partial charge is 0.128 e. The zero-order valence-corrected chi connectivity index (χ0v) is 8.13. The van der Waals surface area contributed by atoms with Crippen LogP contribution in [-0.2, 0) is 9.47 Å². The molecule has 1 N–H and O–H groups in total. The first-order valence-electron chi connectivity index (χ1n) is 4.16. The second kappa shape index (κ2) is 2.87. The average molecular weight is 190 g/mol. The van der Waals surface area contributed by atoms with Gasteiger partial charge in [0.25, 0.3) is 0 Å². The van der Waals surface area contributed by atoms with E-state index in [9.17, 15) is 5.11 Å². The van der Waals surface area contributed by atoms with Crippen LogP contribution in [0.15, 0.2) is 0 Å². The van der Waals surface area contributed by atoms with E-state index in [1.54, 1.807) is 7.11 Å². The number of methoxy groups -OCH3 is 1. The van der Waals surface area contributed by atoms with Crippen molar-refractivity contribution >= 4 is 11.8 Å². The van der Waals surface area contributed by atoms with Crippen LogP contribution in [0.25, 0.3) is 0 Å². The highest BCUT2D eigenvalue weighted by Crippen LogP contribution is 2.48. The van der Waals surface area contributed by atoms with E-state index in [-0.39, 0.29) is 18.8 Å². The van der Waals surface area contributed by atoms with Crippen molar-refractivity contribution in [3.05, 3.63) is 0 Å². The van der Waals surface area contributed by atoms with Crippen LogP contribution in [0.2, 0.25) is 0 Å². The van der Waals surface area contributed by atoms with E-state index in [4.69, 9.17) is 9.47 Å². The molecule has 2 heterocycles. The van der Waals surface area contributed by atoms with Gasteiger partial charge < -0.3 is 14.6 Å². The Bertz CT molecular complexity index is 187. The third kappa shape index (κ3) is 0.954. The number of aliphatic hydroxyl groups excluding tert-OH is 1. The first kappa shape index (κ1) is 8.81. The van der Waals surface area contributed by atoms with E-state index < -0.39 is 5.60 Å². The molecular weight excluding hydrogens is 176 g/mol. The predicted octanol–water partition coefficient (Wildman–Crippen LogP) is 0.267. The molecule has 0 radical (unpaired) electrons. The molecular formula is C8H14O3S. The molecule has 0 amide bonds. The maximum absolute atomic E-state index is 9.24. The lowest BCUT2D eigenvalue weighted by atomic mass is 10.00. The van der Waals surface area contributed by atoms with Crippen LogP contribution in [-0.4, -0.2) is 47.6 Å². The molecule has 0 aromatic carbocycles. The minimum atomic E-state index is -0.413. The molecule has 4 heteroatoms. The molecule has 3 nitrogen and oxygen atoms in total. The van der Waals surface area contributed by atoms with Crippen LogP contribution in [0.4, 0.5) is 0 Å². The lowest BCUT2D eigenvalue weighted by molar-refractivity contribution is -0.0996. The molecule has 0 aliphatic carbocycles. The van der Waals surface area contributed by atoms with Crippen LogP contribution >= 0.6 is 11.8 Å². The molecule has 0 saturated carbocycles. The number of aliphatic hydroxyl groups is 1. The Morgan fingerprint density at radius 1 is 1.75 bits per heavy atom. The Hall–Kier alpha value is 0.230. The molecule has 2 fully saturated rings. The molecule has 0 aromatic heterocycles. The van der Waals surface area contributed by atoms with E-state index >= 15 is 0 Å². The van der Waals surface area contributed by atoms with Gasteiger partial charge in [-0.15, -0.1) is 11.8 Å². The minimum absolute atomic E-state index is 0.0688. The number of hydrogen-bond acceptors (Lipinski definition) is 4. The molecule has 0 spiro atoms. The quantitative estimate of drug-likeness (QED) is 0.678. The van der Waals surface area contributed by atoms with E-state index in [2.05, 4.69) is 0 Å². The molecule has 12 heavy (non-hydrogen) atoms. The predicted molar refractivity (Wildman–Crippen MR) is 47.4 cm³/mol. The minimum Gasteiger partial charge on any atom is -0.393 e. The van der Waals surface area contributed by atoms with Crippen molar-refractivity contribution in [2.24, 2.45) is 0 Å². The Kier molecular flexibility index (Phi) is 2.11. The highest BCUT2D eigenvalue weighted by atomic mass is 32.2. The largest absolute Gasteiger partial charge is 0.393 e. The Balaban J connectivity index is 2.23. The highest BCUT2D eigenvalue weighted by Gasteiger charge is 2.59. The van der Waals surface area contributed by atoms with Gasteiger partial charge >= 0.3 is 0 Å². The molecule has 1 unspecified atom stereocenters. The summed E-state index contributed by atoms with van der Waals surface area (Å²) in [6.45, 7) is 2.11. The lowest BCUT2D eigenvalue weighted by Gasteiger charge is -2.28. The SMILES string of the molecule is COC1[C@@H]2SC[C@@]1(CO)O[C@H]2C. The Morgan fingerprint density at radius 3 is 2.92 bits per heavy atom. The van der Waals surface area contributed by atoms with Crippen molar-refractivity contribution in [3.8, 4) is 0 Å². The summed E-state index contributed by atoms with van der Waals surface area (Å²) < 4.78 is 11.1. The van der Waals surface area contributed by atoms with Gasteiger partial charge in [-0.25, -0.2) is 0 Å². The van der Waals surface area contributed by atoms with Gasteiger partial charge in [-0.2, -0.15) is 0 Å². The summed E-state index contributed by atoms with van der Waals surface area (Å²) in [5.41, 5.74) is -0.413. The Morgan fingerprint density at radius 2 is 2.50 bits per heavy atom. The number of rotatable bonds is 2. The monoisotopic (exact) mass is 190 g/mol. The normalized spacial score (nSPS) is 51.8. The summed E-state index contributed by atoms with van der Waals surface area (Å²) in [4.78, 5) is 0. The third-order valence-electron chi connectivity index (χ3n) is 2.74. The van der Waals surface area contributed by atoms with Crippen molar-refractivity contribution in [2.45, 2.75) is 30.0 Å². The fraction of sp³-hybridized carbons (Fsp3) is 1.00. The zero-order chi connectivity index (χ0) is 8.77. The first-order chi connectivity index (χ1) is 5.73. The zero-order valence-electron chi connectivity index (χ0n) is 7.32. The molecule has 0 aromatic rings. The number of hydrogen-bond donors (Lipinski definition) is 1. The molecule has 2 saturated heterocycles. The van der Waals surface area contributed by atoms with Gasteiger partial charge in [0.2, 0.25) is 0 Å². The van der Waals surface area contributed by atoms with Crippen LogP contribution in [0.1, 0.15) is 6.92 Å². The summed E-state index contributed by atoms with van der Waals surface area (Å²) in [5, 5.41) is 9.65. The molecule has 4 atom stereocenters. The second-order valence-electron chi connectivity index (χ2n) is 3.48. The van der Waals surface area contributed by atoms with Gasteiger partial charge in [0, 0.05) is 12.9 Å². The van der Waals surface area contributed by atoms with Crippen LogP contribution in [0, 0.1) is 0 Å². The summed E-state index contributed by atoms with van der Waals surface area (Å²) in [6, 6.07) is 0. The van der Waals surface area contributed by atoms with Crippen LogP contribution in [0.3, 0.4) is 0 Å². The summed E-state index contributed by atoms with van der Waals surface area (Å²) in [7, 11) is 1.69. The summed E-state index contributed by atoms with van der Waals surface area (Å²) in [6.07, 6.45) is 0.281. The fourth-order valence-electron chi connectivity index (χ4n) is 2.15. The molecule has 2 bridgehead atoms. The van der Waals surface area contributed by atoms with E-state index in [0.29, 0.717) is 5.25 Å². The number of ether oxygens (including phenoxy) is 2. The van der Waals surface area contributed by atoms with Gasteiger partial charge in [-0.1, -0.05) is 0 Å². The molecule has 2 rings (SSSR count). The highest BCUT2D eigenvalue weighted by molar-refractivity contribution is 8.00. The van der Waals surface area contributed by atoms with Crippen molar-refractivity contribution < 1.29 is 14.6 Å². The number of fused-ring (bicyclic) bond motifs is 2. The molecule has 2 aliphatic heterocycles. The molecule has 70 valence electrons. The van der Waals surface area contributed by atoms with Crippen LogP contribution in [0.5, 0.6) is 0 Å². The number of thioether (sulfide) groups is 1. The van der Waals surface area contributed by atoms with Crippen LogP contribution < -0.4 is 0 Å². The summed E-state index contributed by atoms with van der Waals surface area (Å²) >= 11 is 1.85. The maximum Gasteiger partial charge on any atom is 0.128 e. The lowest BCUT2D eigenvalue weighted by Crippen LogP contribution is -2.44. The van der Waals surface area contributed by atoms with E-state index in [1.807, 2.05) is 18.7 Å². The topological polar surface area (TPSA) is 38.7 Å². The van der Waals surface area contributed by atoms with Gasteiger partial charge in [0.05, 0.1) is 18.0 Å². The summed E-state index contributed by atoms with van der Waals surface area (Å²) in [5.74, 6) is 0.858. The third-order valence-corrected chi connectivity index (χ3v) is 4.41. The van der Waals surface area contributed by atoms with E-state index in [1.165, 1.54) is 0 Å². The van der Waals surface area contributed by atoms with Gasteiger partial charge in [0.15, 0.2) is 0 Å². The van der Waals surface area contributed by atoms with Crippen molar-refractivity contribution in [1.29, 1.82) is 0 Å². The van der Waals surface area contributed by atoms with Gasteiger partial charge in [-0.3, -0.25) is 0 Å². The molecule has 2 aliphatic rings. The van der Waals surface area contributed by atoms with Crippen molar-refractivity contribution in [3.63, 3.8) is 0 Å². The van der Waals surface area contributed by atoms with Gasteiger partial charge in [0.1, 0.15) is 11.7 Å². The second-order valence-corrected chi connectivity index (χ2v) is 4.64. The standard InChI is InChI=1S/C8H14O3S/c1-5-6-7(10-2)8(3-9,11-5)4-12-6/h5-7,9H,3-4H2,1-2H3/t5-,6+,7?,8+/m0/s1. The first-order valence-corrected chi connectivity index (χ1v) is 5.21. The van der Waals surface area contributed by atoms with Crippen molar-refractivity contribution in [2.75, 3.05) is 19.5 Å². The van der Waals surface area contributed by atoms with Gasteiger partial charge in [-0.05, 0) is 6.92 Å². The van der Waals surface area contributed by atoms with Crippen molar-refractivity contribution in [1.82, 2.24) is 0 Å². The Labute approximate surface area is 76.4 Å². The maximum atomic E-state index is 9.24. The fourth-order valence-corrected chi connectivity index (χ4v) is 3.81.